The molecule has 0 spiro atoms. The van der Waals surface area contributed by atoms with E-state index in [0.717, 1.165) is 24.1 Å². The van der Waals surface area contributed by atoms with Gasteiger partial charge in [0.05, 0.1) is 17.2 Å². The molecule has 1 aliphatic rings. The molecule has 0 aromatic heterocycles. The molecule has 0 bridgehead atoms. The molecule has 3 aromatic carbocycles. The van der Waals surface area contributed by atoms with Gasteiger partial charge < -0.3 is 10.1 Å². The Balaban J connectivity index is 1.60. The van der Waals surface area contributed by atoms with Gasteiger partial charge in [-0.2, -0.15) is 0 Å². The molecule has 166 valence electrons. The van der Waals surface area contributed by atoms with Crippen molar-refractivity contribution in [2.45, 2.75) is 24.7 Å². The highest BCUT2D eigenvalue weighted by Gasteiger charge is 2.29. The molecule has 0 aliphatic carbocycles. The summed E-state index contributed by atoms with van der Waals surface area (Å²) in [6.45, 7) is 2.73. The van der Waals surface area contributed by atoms with Crippen LogP contribution in [0.25, 0.3) is 0 Å². The Hall–Kier alpha value is -3.39. The summed E-state index contributed by atoms with van der Waals surface area (Å²) >= 11 is 0. The maximum absolute atomic E-state index is 13.3. The number of aryl methyl sites for hydroxylation is 1. The zero-order valence-corrected chi connectivity index (χ0v) is 18.4. The van der Waals surface area contributed by atoms with E-state index in [0.29, 0.717) is 42.3 Å². The average Bonchev–Trinajstić information content (AvgIpc) is 2.79. The van der Waals surface area contributed by atoms with Gasteiger partial charge in [0.2, 0.25) is 0 Å². The molecule has 0 radical (unpaired) electrons. The second-order valence-corrected chi connectivity index (χ2v) is 9.25. The molecule has 0 fully saturated rings. The number of hydrogen-bond acceptors (Lipinski definition) is 4. The number of carbonyl (C=O) groups excluding carboxylic acids is 1. The van der Waals surface area contributed by atoms with Crippen LogP contribution in [0.5, 0.6) is 5.75 Å². The van der Waals surface area contributed by atoms with Crippen LogP contribution >= 0.6 is 0 Å². The largest absolute Gasteiger partial charge is 0.494 e. The number of nitrogens with zero attached hydrogens (tertiary/aromatic N) is 1. The van der Waals surface area contributed by atoms with Crippen LogP contribution in [0.1, 0.15) is 29.3 Å². The van der Waals surface area contributed by atoms with Crippen LogP contribution in [0.15, 0.2) is 71.6 Å². The van der Waals surface area contributed by atoms with Gasteiger partial charge in [0.25, 0.3) is 15.9 Å². The Morgan fingerprint density at radius 2 is 1.78 bits per heavy atom. The molecule has 1 N–H and O–H groups in total. The quantitative estimate of drug-likeness (QED) is 0.590. The fourth-order valence-electron chi connectivity index (χ4n) is 3.67. The fraction of sp³-hybridized carbons (Fsp3) is 0.208. The van der Waals surface area contributed by atoms with E-state index in [1.807, 2.05) is 13.0 Å². The highest BCUT2D eigenvalue weighted by molar-refractivity contribution is 7.92. The van der Waals surface area contributed by atoms with Crippen molar-refractivity contribution < 1.29 is 22.3 Å². The van der Waals surface area contributed by atoms with Crippen molar-refractivity contribution in [1.29, 1.82) is 0 Å². The molecule has 0 saturated heterocycles. The van der Waals surface area contributed by atoms with Gasteiger partial charge in [-0.05, 0) is 86.0 Å². The average molecular weight is 455 g/mol. The van der Waals surface area contributed by atoms with Crippen LogP contribution in [-0.4, -0.2) is 27.5 Å². The second-order valence-electron chi connectivity index (χ2n) is 7.39. The van der Waals surface area contributed by atoms with Crippen molar-refractivity contribution >= 4 is 27.3 Å². The lowest BCUT2D eigenvalue weighted by Crippen LogP contribution is -2.35. The lowest BCUT2D eigenvalue weighted by molar-refractivity contribution is 0.102. The van der Waals surface area contributed by atoms with E-state index in [-0.39, 0.29) is 10.8 Å². The Labute approximate surface area is 186 Å². The molecule has 8 heteroatoms. The third-order valence-electron chi connectivity index (χ3n) is 5.25. The topological polar surface area (TPSA) is 75.7 Å². The van der Waals surface area contributed by atoms with E-state index < -0.39 is 15.8 Å². The number of sulfonamides is 1. The number of halogens is 1. The van der Waals surface area contributed by atoms with Crippen LogP contribution in [0, 0.1) is 5.82 Å². The van der Waals surface area contributed by atoms with Crippen LogP contribution < -0.4 is 14.4 Å². The number of benzene rings is 3. The minimum atomic E-state index is -3.86. The van der Waals surface area contributed by atoms with Gasteiger partial charge in [-0.3, -0.25) is 9.10 Å². The van der Waals surface area contributed by atoms with E-state index in [2.05, 4.69) is 5.32 Å². The van der Waals surface area contributed by atoms with Gasteiger partial charge in [-0.15, -0.1) is 0 Å². The van der Waals surface area contributed by atoms with Gasteiger partial charge in [0.1, 0.15) is 11.6 Å². The van der Waals surface area contributed by atoms with Crippen molar-refractivity contribution in [2.75, 3.05) is 22.8 Å². The summed E-state index contributed by atoms with van der Waals surface area (Å²) in [5.74, 6) is -0.126. The summed E-state index contributed by atoms with van der Waals surface area (Å²) in [5.41, 5.74) is 2.34. The van der Waals surface area contributed by atoms with E-state index in [9.17, 15) is 17.6 Å². The molecule has 0 unspecified atom stereocenters. The lowest BCUT2D eigenvalue weighted by atomic mass is 10.0. The van der Waals surface area contributed by atoms with Gasteiger partial charge in [-0.25, -0.2) is 12.8 Å². The van der Waals surface area contributed by atoms with E-state index in [4.69, 9.17) is 4.74 Å². The first kappa shape index (κ1) is 21.8. The summed E-state index contributed by atoms with van der Waals surface area (Å²) < 4.78 is 46.4. The smallest absolute Gasteiger partial charge is 0.264 e. The number of fused-ring (bicyclic) bond motifs is 1. The number of hydrogen-bond donors (Lipinski definition) is 1. The highest BCUT2D eigenvalue weighted by atomic mass is 32.2. The summed E-state index contributed by atoms with van der Waals surface area (Å²) in [6.07, 6.45) is 1.41. The lowest BCUT2D eigenvalue weighted by Gasteiger charge is -2.31. The highest BCUT2D eigenvalue weighted by Crippen LogP contribution is 2.34. The standard InChI is InChI=1S/C24H23FN2O4S/c1-2-31-21-11-6-18(7-12-21)24(28)26-20-10-5-17-4-3-15-27(23(17)16-20)32(29,30)22-13-8-19(25)9-14-22/h5-14,16H,2-4,15H2,1H3,(H,26,28). The number of ether oxygens (including phenoxy) is 1. The monoisotopic (exact) mass is 454 g/mol. The molecule has 1 heterocycles. The van der Waals surface area contributed by atoms with E-state index in [1.54, 1.807) is 36.4 Å². The molecule has 3 aromatic rings. The van der Waals surface area contributed by atoms with Crippen LogP contribution in [-0.2, 0) is 16.4 Å². The molecule has 1 amide bonds. The first-order chi connectivity index (χ1) is 15.4. The summed E-state index contributed by atoms with van der Waals surface area (Å²) in [4.78, 5) is 12.7. The molecule has 4 rings (SSSR count). The van der Waals surface area contributed by atoms with Gasteiger partial charge in [0.15, 0.2) is 0 Å². The predicted molar refractivity (Wildman–Crippen MR) is 121 cm³/mol. The van der Waals surface area contributed by atoms with Crippen molar-refractivity contribution in [2.24, 2.45) is 0 Å². The first-order valence-corrected chi connectivity index (χ1v) is 11.8. The molecule has 0 atom stereocenters. The van der Waals surface area contributed by atoms with Crippen molar-refractivity contribution in [1.82, 2.24) is 0 Å². The maximum atomic E-state index is 13.3. The maximum Gasteiger partial charge on any atom is 0.264 e. The summed E-state index contributed by atoms with van der Waals surface area (Å²) in [6, 6.07) is 16.8. The molecule has 0 saturated carbocycles. The Morgan fingerprint density at radius 3 is 2.47 bits per heavy atom. The number of nitrogens with one attached hydrogen (secondary N) is 1. The van der Waals surface area contributed by atoms with Gasteiger partial charge in [-0.1, -0.05) is 6.07 Å². The summed E-state index contributed by atoms with van der Waals surface area (Å²) in [5, 5.41) is 2.83. The van der Waals surface area contributed by atoms with Crippen LogP contribution in [0.4, 0.5) is 15.8 Å². The molecule has 32 heavy (non-hydrogen) atoms. The number of anilines is 2. The van der Waals surface area contributed by atoms with Crippen molar-refractivity contribution in [3.63, 3.8) is 0 Å². The van der Waals surface area contributed by atoms with Gasteiger partial charge in [0, 0.05) is 17.8 Å². The normalized spacial score (nSPS) is 13.4. The molecular weight excluding hydrogens is 431 g/mol. The third kappa shape index (κ3) is 4.45. The number of amides is 1. The third-order valence-corrected chi connectivity index (χ3v) is 7.08. The number of carbonyl (C=O) groups is 1. The number of rotatable bonds is 6. The first-order valence-electron chi connectivity index (χ1n) is 10.3. The van der Waals surface area contributed by atoms with E-state index in [1.165, 1.54) is 16.4 Å². The Bertz CT molecular complexity index is 1230. The zero-order chi connectivity index (χ0) is 22.7. The predicted octanol–water partition coefficient (Wildman–Crippen LogP) is 4.62. The SMILES string of the molecule is CCOc1ccc(C(=O)Nc2ccc3c(c2)N(S(=O)(=O)c2ccc(F)cc2)CCC3)cc1. The van der Waals surface area contributed by atoms with Crippen LogP contribution in [0.3, 0.4) is 0 Å². The van der Waals surface area contributed by atoms with Crippen molar-refractivity contribution in [3.8, 4) is 5.75 Å². The minimum absolute atomic E-state index is 0.0237. The zero-order valence-electron chi connectivity index (χ0n) is 17.5. The second kappa shape index (κ2) is 9.00. The van der Waals surface area contributed by atoms with E-state index >= 15 is 0 Å². The summed E-state index contributed by atoms with van der Waals surface area (Å²) in [7, 11) is -3.86. The fourth-order valence-corrected chi connectivity index (χ4v) is 5.21. The van der Waals surface area contributed by atoms with Crippen molar-refractivity contribution in [3.05, 3.63) is 83.7 Å². The Morgan fingerprint density at radius 1 is 1.06 bits per heavy atom. The van der Waals surface area contributed by atoms with Gasteiger partial charge >= 0.3 is 0 Å². The molecule has 1 aliphatic heterocycles. The Kier molecular flexibility index (Phi) is 6.14. The minimum Gasteiger partial charge on any atom is -0.494 e. The van der Waals surface area contributed by atoms with Crippen LogP contribution in [0.2, 0.25) is 0 Å². The molecule has 6 nitrogen and oxygen atoms in total. The molecular formula is C24H23FN2O4S.